The topological polar surface area (TPSA) is 67.3 Å². The van der Waals surface area contributed by atoms with Crippen molar-refractivity contribution in [2.75, 3.05) is 24.6 Å². The molecule has 0 N–H and O–H groups in total. The summed E-state index contributed by atoms with van der Waals surface area (Å²) < 4.78 is 23.0. The predicted octanol–water partition coefficient (Wildman–Crippen LogP) is 0.905. The Bertz CT molecular complexity index is 569. The second kappa shape index (κ2) is 5.69. The summed E-state index contributed by atoms with van der Waals surface area (Å²) in [5.41, 5.74) is 1.46. The van der Waals surface area contributed by atoms with E-state index >= 15 is 0 Å². The lowest BCUT2D eigenvalue weighted by Crippen LogP contribution is -2.34. The number of aromatic nitrogens is 1. The molecule has 1 aliphatic rings. The van der Waals surface area contributed by atoms with E-state index in [1.54, 1.807) is 17.2 Å². The summed E-state index contributed by atoms with van der Waals surface area (Å²) in [4.78, 5) is 18.0. The molecule has 6 heteroatoms. The van der Waals surface area contributed by atoms with Crippen molar-refractivity contribution in [2.45, 2.75) is 19.8 Å². The zero-order valence-corrected chi connectivity index (χ0v) is 11.8. The number of rotatable bonds is 2. The monoisotopic (exact) mass is 282 g/mol. The molecule has 1 amide bonds. The Morgan fingerprint density at radius 3 is 2.89 bits per heavy atom. The first kappa shape index (κ1) is 14.0. The number of sulfone groups is 1. The van der Waals surface area contributed by atoms with Gasteiger partial charge in [0.2, 0.25) is 0 Å². The van der Waals surface area contributed by atoms with Crippen LogP contribution < -0.4 is 0 Å². The molecule has 0 bridgehead atoms. The fraction of sp³-hybridized carbons (Fsp3) is 0.538. The van der Waals surface area contributed by atoms with E-state index in [2.05, 4.69) is 4.98 Å². The van der Waals surface area contributed by atoms with Crippen molar-refractivity contribution in [1.82, 2.24) is 9.88 Å². The van der Waals surface area contributed by atoms with Gasteiger partial charge in [0, 0.05) is 19.3 Å². The van der Waals surface area contributed by atoms with Crippen LogP contribution in [0.1, 0.15) is 29.4 Å². The van der Waals surface area contributed by atoms with Crippen LogP contribution in [0.15, 0.2) is 18.3 Å². The molecule has 19 heavy (non-hydrogen) atoms. The Balaban J connectivity index is 2.14. The van der Waals surface area contributed by atoms with Crippen molar-refractivity contribution in [3.8, 4) is 0 Å². The SMILES string of the molecule is CCc1ccnc(C(=O)N2CCCS(=O)(=O)CC2)c1. The maximum atomic E-state index is 12.3. The van der Waals surface area contributed by atoms with Gasteiger partial charge in [0.1, 0.15) is 5.69 Å². The fourth-order valence-electron chi connectivity index (χ4n) is 2.11. The van der Waals surface area contributed by atoms with Crippen LogP contribution in [0.4, 0.5) is 0 Å². The van der Waals surface area contributed by atoms with Gasteiger partial charge in [-0.3, -0.25) is 9.78 Å². The molecule has 104 valence electrons. The summed E-state index contributed by atoms with van der Waals surface area (Å²) >= 11 is 0. The summed E-state index contributed by atoms with van der Waals surface area (Å²) in [6.45, 7) is 2.76. The molecule has 1 saturated heterocycles. The summed E-state index contributed by atoms with van der Waals surface area (Å²) in [6, 6.07) is 3.66. The van der Waals surface area contributed by atoms with E-state index < -0.39 is 9.84 Å². The zero-order chi connectivity index (χ0) is 13.9. The number of hydrogen-bond donors (Lipinski definition) is 0. The van der Waals surface area contributed by atoms with Gasteiger partial charge in [0.25, 0.3) is 5.91 Å². The molecule has 5 nitrogen and oxygen atoms in total. The van der Waals surface area contributed by atoms with E-state index in [4.69, 9.17) is 0 Å². The van der Waals surface area contributed by atoms with Crippen LogP contribution in [-0.4, -0.2) is 48.8 Å². The third-order valence-corrected chi connectivity index (χ3v) is 5.01. The summed E-state index contributed by atoms with van der Waals surface area (Å²) in [5.74, 6) is 0.0400. The molecule has 2 heterocycles. The molecule has 1 aromatic rings. The van der Waals surface area contributed by atoms with Gasteiger partial charge < -0.3 is 4.90 Å². The molecular weight excluding hydrogens is 264 g/mol. The number of hydrogen-bond acceptors (Lipinski definition) is 4. The second-order valence-corrected chi connectivity index (χ2v) is 7.00. The highest BCUT2D eigenvalue weighted by molar-refractivity contribution is 7.91. The lowest BCUT2D eigenvalue weighted by Gasteiger charge is -2.19. The van der Waals surface area contributed by atoms with E-state index in [-0.39, 0.29) is 24.0 Å². The normalized spacial score (nSPS) is 18.9. The highest BCUT2D eigenvalue weighted by Gasteiger charge is 2.23. The Hall–Kier alpha value is -1.43. The van der Waals surface area contributed by atoms with E-state index in [9.17, 15) is 13.2 Å². The van der Waals surface area contributed by atoms with Crippen molar-refractivity contribution < 1.29 is 13.2 Å². The van der Waals surface area contributed by atoms with Gasteiger partial charge in [-0.2, -0.15) is 0 Å². The average molecular weight is 282 g/mol. The van der Waals surface area contributed by atoms with Crippen LogP contribution >= 0.6 is 0 Å². The van der Waals surface area contributed by atoms with Gasteiger partial charge in [0.05, 0.1) is 11.5 Å². The maximum Gasteiger partial charge on any atom is 0.272 e. The first-order valence-electron chi connectivity index (χ1n) is 6.46. The van der Waals surface area contributed by atoms with Gasteiger partial charge in [-0.15, -0.1) is 0 Å². The van der Waals surface area contributed by atoms with Crippen LogP contribution in [0.2, 0.25) is 0 Å². The highest BCUT2D eigenvalue weighted by Crippen LogP contribution is 2.10. The van der Waals surface area contributed by atoms with Crippen LogP contribution in [0.25, 0.3) is 0 Å². The number of nitrogens with zero attached hydrogens (tertiary/aromatic N) is 2. The Labute approximate surface area is 113 Å². The van der Waals surface area contributed by atoms with Gasteiger partial charge in [-0.05, 0) is 30.5 Å². The summed E-state index contributed by atoms with van der Waals surface area (Å²) in [7, 11) is -2.99. The fourth-order valence-corrected chi connectivity index (χ4v) is 3.39. The second-order valence-electron chi connectivity index (χ2n) is 4.70. The minimum absolute atomic E-state index is 0.0478. The van der Waals surface area contributed by atoms with Crippen LogP contribution in [0.3, 0.4) is 0 Å². The third-order valence-electron chi connectivity index (χ3n) is 3.29. The molecule has 0 aromatic carbocycles. The minimum Gasteiger partial charge on any atom is -0.336 e. The quantitative estimate of drug-likeness (QED) is 0.808. The lowest BCUT2D eigenvalue weighted by atomic mass is 10.1. The summed E-state index contributed by atoms with van der Waals surface area (Å²) in [5, 5.41) is 0. The van der Waals surface area contributed by atoms with E-state index in [0.29, 0.717) is 18.7 Å². The molecule has 1 aliphatic heterocycles. The van der Waals surface area contributed by atoms with E-state index in [1.165, 1.54) is 0 Å². The molecule has 0 saturated carbocycles. The van der Waals surface area contributed by atoms with Crippen molar-refractivity contribution in [1.29, 1.82) is 0 Å². The predicted molar refractivity (Wildman–Crippen MR) is 72.8 cm³/mol. The Morgan fingerprint density at radius 1 is 1.37 bits per heavy atom. The molecule has 0 aliphatic carbocycles. The molecular formula is C13H18N2O3S. The van der Waals surface area contributed by atoms with E-state index in [1.807, 2.05) is 13.0 Å². The molecule has 1 aromatic heterocycles. The smallest absolute Gasteiger partial charge is 0.272 e. The Morgan fingerprint density at radius 2 is 2.16 bits per heavy atom. The van der Waals surface area contributed by atoms with Crippen LogP contribution in [0.5, 0.6) is 0 Å². The average Bonchev–Trinajstić information content (AvgIpc) is 2.59. The van der Waals surface area contributed by atoms with Crippen molar-refractivity contribution in [3.63, 3.8) is 0 Å². The van der Waals surface area contributed by atoms with Crippen molar-refractivity contribution >= 4 is 15.7 Å². The van der Waals surface area contributed by atoms with Crippen molar-refractivity contribution in [3.05, 3.63) is 29.6 Å². The van der Waals surface area contributed by atoms with Gasteiger partial charge in [-0.25, -0.2) is 8.42 Å². The van der Waals surface area contributed by atoms with Gasteiger partial charge >= 0.3 is 0 Å². The van der Waals surface area contributed by atoms with Crippen molar-refractivity contribution in [2.24, 2.45) is 0 Å². The molecule has 0 atom stereocenters. The maximum absolute atomic E-state index is 12.3. The van der Waals surface area contributed by atoms with Gasteiger partial charge in [0.15, 0.2) is 9.84 Å². The molecule has 0 spiro atoms. The van der Waals surface area contributed by atoms with Crippen LogP contribution in [0, 0.1) is 0 Å². The number of aryl methyl sites for hydroxylation is 1. The third kappa shape index (κ3) is 3.53. The minimum atomic E-state index is -2.99. The van der Waals surface area contributed by atoms with E-state index in [0.717, 1.165) is 12.0 Å². The first-order valence-corrected chi connectivity index (χ1v) is 8.28. The standard InChI is InChI=1S/C13H18N2O3S/c1-2-11-4-5-14-12(10-11)13(16)15-6-3-8-19(17,18)9-7-15/h4-5,10H,2-3,6-9H2,1H3. The first-order chi connectivity index (χ1) is 9.02. The molecule has 0 radical (unpaired) electrons. The number of amides is 1. The molecule has 0 unspecified atom stereocenters. The lowest BCUT2D eigenvalue weighted by molar-refractivity contribution is 0.0762. The Kier molecular flexibility index (Phi) is 4.19. The number of pyridine rings is 1. The largest absolute Gasteiger partial charge is 0.336 e. The molecule has 1 fully saturated rings. The van der Waals surface area contributed by atoms with Crippen LogP contribution in [-0.2, 0) is 16.3 Å². The van der Waals surface area contributed by atoms with Gasteiger partial charge in [-0.1, -0.05) is 6.92 Å². The number of carbonyl (C=O) groups excluding carboxylic acids is 1. The molecule has 2 rings (SSSR count). The highest BCUT2D eigenvalue weighted by atomic mass is 32.2. The zero-order valence-electron chi connectivity index (χ0n) is 11.0. The number of carbonyl (C=O) groups is 1. The summed E-state index contributed by atoms with van der Waals surface area (Å²) in [6.07, 6.45) is 2.97.